The van der Waals surface area contributed by atoms with E-state index < -0.39 is 11.6 Å². The summed E-state index contributed by atoms with van der Waals surface area (Å²) in [5, 5.41) is 10.4. The average molecular weight is 212 g/mol. The van der Waals surface area contributed by atoms with Gasteiger partial charge in [-0.15, -0.1) is 0 Å². The topological polar surface area (TPSA) is 55.8 Å². The molecule has 0 aromatic carbocycles. The van der Waals surface area contributed by atoms with Gasteiger partial charge in [-0.2, -0.15) is 0 Å². The first-order chi connectivity index (χ1) is 7.16. The number of hydrogen-bond donors (Lipinski definition) is 1. The van der Waals surface area contributed by atoms with Crippen molar-refractivity contribution in [1.82, 2.24) is 0 Å². The van der Waals surface area contributed by atoms with Crippen molar-refractivity contribution in [2.24, 2.45) is 0 Å². The van der Waals surface area contributed by atoms with Crippen LogP contribution in [0.1, 0.15) is 25.7 Å². The molecule has 0 aromatic rings. The molecule has 0 radical (unpaired) electrons. The van der Waals surface area contributed by atoms with Gasteiger partial charge in [0.15, 0.2) is 0 Å². The Morgan fingerprint density at radius 1 is 1.67 bits per heavy atom. The van der Waals surface area contributed by atoms with Crippen LogP contribution in [0, 0.1) is 0 Å². The molecule has 0 aromatic heterocycles. The zero-order valence-electron chi connectivity index (χ0n) is 8.86. The molecule has 2 aliphatic rings. The number of hydrogen-bond acceptors (Lipinski definition) is 4. The number of methoxy groups -OCH3 is 1. The van der Waals surface area contributed by atoms with Crippen molar-refractivity contribution in [2.75, 3.05) is 13.7 Å². The summed E-state index contributed by atoms with van der Waals surface area (Å²) in [5.41, 5.74) is -0.258. The van der Waals surface area contributed by atoms with Gasteiger partial charge in [-0.1, -0.05) is 12.8 Å². The van der Waals surface area contributed by atoms with E-state index in [1.807, 2.05) is 0 Å². The minimum absolute atomic E-state index is 0.137. The van der Waals surface area contributed by atoms with E-state index in [1.54, 1.807) is 0 Å². The third-order valence-electron chi connectivity index (χ3n) is 3.30. The molecule has 15 heavy (non-hydrogen) atoms. The highest BCUT2D eigenvalue weighted by Gasteiger charge is 2.47. The fourth-order valence-corrected chi connectivity index (χ4v) is 2.40. The lowest BCUT2D eigenvalue weighted by molar-refractivity contribution is -0.135. The van der Waals surface area contributed by atoms with Gasteiger partial charge in [0.2, 0.25) is 0 Å². The van der Waals surface area contributed by atoms with Gasteiger partial charge in [-0.3, -0.25) is 0 Å². The standard InChI is InChI=1S/C11H16O4/c1-14-10(12)6-8-7-15-9-4-2-3-5-11(8,9)13/h6,9,13H,2-5,7H2,1H3/b8-6+/t9-,11+/m0/s1. The molecular formula is C11H16O4. The fraction of sp³-hybridized carbons (Fsp3) is 0.727. The monoisotopic (exact) mass is 212 g/mol. The molecule has 0 amide bonds. The van der Waals surface area contributed by atoms with Crippen molar-refractivity contribution in [2.45, 2.75) is 37.4 Å². The Kier molecular flexibility index (Phi) is 2.80. The lowest BCUT2D eigenvalue weighted by Crippen LogP contribution is -2.42. The van der Waals surface area contributed by atoms with Crippen molar-refractivity contribution in [3.8, 4) is 0 Å². The molecular weight excluding hydrogens is 196 g/mol. The van der Waals surface area contributed by atoms with Gasteiger partial charge in [0, 0.05) is 6.08 Å². The first-order valence-electron chi connectivity index (χ1n) is 5.30. The number of fused-ring (bicyclic) bond motifs is 1. The van der Waals surface area contributed by atoms with Gasteiger partial charge in [0.05, 0.1) is 19.8 Å². The summed E-state index contributed by atoms with van der Waals surface area (Å²) in [6.07, 6.45) is 4.84. The minimum Gasteiger partial charge on any atom is -0.466 e. The van der Waals surface area contributed by atoms with E-state index >= 15 is 0 Å². The zero-order chi connectivity index (χ0) is 10.9. The van der Waals surface area contributed by atoms with Gasteiger partial charge in [0.25, 0.3) is 0 Å². The van der Waals surface area contributed by atoms with Crippen molar-refractivity contribution < 1.29 is 19.4 Å². The molecule has 1 aliphatic carbocycles. The lowest BCUT2D eigenvalue weighted by atomic mass is 9.79. The van der Waals surface area contributed by atoms with E-state index in [0.717, 1.165) is 19.3 Å². The zero-order valence-corrected chi connectivity index (χ0v) is 8.86. The normalized spacial score (nSPS) is 37.7. The predicted molar refractivity (Wildman–Crippen MR) is 53.3 cm³/mol. The van der Waals surface area contributed by atoms with Crippen molar-refractivity contribution >= 4 is 5.97 Å². The number of esters is 1. The summed E-state index contributed by atoms with van der Waals surface area (Å²) in [5.74, 6) is -0.423. The third kappa shape index (κ3) is 1.79. The first-order valence-corrected chi connectivity index (χ1v) is 5.30. The molecule has 1 saturated carbocycles. The van der Waals surface area contributed by atoms with Crippen molar-refractivity contribution in [1.29, 1.82) is 0 Å². The van der Waals surface area contributed by atoms with E-state index in [9.17, 15) is 9.90 Å². The summed E-state index contributed by atoms with van der Waals surface area (Å²) in [6.45, 7) is 0.344. The van der Waals surface area contributed by atoms with Crippen LogP contribution in [-0.2, 0) is 14.3 Å². The van der Waals surface area contributed by atoms with Crippen LogP contribution < -0.4 is 0 Å². The van der Waals surface area contributed by atoms with Crippen LogP contribution >= 0.6 is 0 Å². The number of ether oxygens (including phenoxy) is 2. The molecule has 2 rings (SSSR count). The Morgan fingerprint density at radius 3 is 3.20 bits per heavy atom. The van der Waals surface area contributed by atoms with Gasteiger partial charge < -0.3 is 14.6 Å². The maximum atomic E-state index is 11.1. The molecule has 4 heteroatoms. The maximum Gasteiger partial charge on any atom is 0.330 e. The molecule has 84 valence electrons. The Morgan fingerprint density at radius 2 is 2.47 bits per heavy atom. The summed E-state index contributed by atoms with van der Waals surface area (Å²) in [6, 6.07) is 0. The summed E-state index contributed by atoms with van der Waals surface area (Å²) < 4.78 is 10.0. The van der Waals surface area contributed by atoms with E-state index in [0.29, 0.717) is 18.6 Å². The lowest BCUT2D eigenvalue weighted by Gasteiger charge is -2.33. The highest BCUT2D eigenvalue weighted by Crippen LogP contribution is 2.41. The SMILES string of the molecule is COC(=O)/C=C1\CO[C@H]2CCCC[C@@]12O. The van der Waals surface area contributed by atoms with E-state index in [-0.39, 0.29) is 6.10 Å². The molecule has 0 spiro atoms. The minimum atomic E-state index is -0.924. The summed E-state index contributed by atoms with van der Waals surface area (Å²) in [4.78, 5) is 11.1. The van der Waals surface area contributed by atoms with Crippen LogP contribution in [0.4, 0.5) is 0 Å². The van der Waals surface area contributed by atoms with Crippen molar-refractivity contribution in [3.05, 3.63) is 11.6 Å². The Hall–Kier alpha value is -0.870. The average Bonchev–Trinajstić information content (AvgIpc) is 2.56. The molecule has 1 heterocycles. The Balaban J connectivity index is 2.20. The summed E-state index contributed by atoms with van der Waals surface area (Å²) in [7, 11) is 1.33. The van der Waals surface area contributed by atoms with E-state index in [1.165, 1.54) is 13.2 Å². The molecule has 1 aliphatic heterocycles. The number of carbonyl (C=O) groups excluding carboxylic acids is 1. The molecule has 2 fully saturated rings. The third-order valence-corrected chi connectivity index (χ3v) is 3.30. The van der Waals surface area contributed by atoms with Crippen molar-refractivity contribution in [3.63, 3.8) is 0 Å². The molecule has 2 atom stereocenters. The van der Waals surface area contributed by atoms with Crippen LogP contribution in [0.15, 0.2) is 11.6 Å². The first kappa shape index (κ1) is 10.6. The second-order valence-corrected chi connectivity index (χ2v) is 4.16. The molecule has 4 nitrogen and oxygen atoms in total. The van der Waals surface area contributed by atoms with Crippen LogP contribution in [0.3, 0.4) is 0 Å². The quantitative estimate of drug-likeness (QED) is 0.515. The second-order valence-electron chi connectivity index (χ2n) is 4.16. The highest BCUT2D eigenvalue weighted by atomic mass is 16.5. The predicted octanol–water partition coefficient (Wildman–Crippen LogP) is 0.790. The number of carbonyl (C=O) groups is 1. The number of aliphatic hydroxyl groups is 1. The fourth-order valence-electron chi connectivity index (χ4n) is 2.40. The van der Waals surface area contributed by atoms with E-state index in [2.05, 4.69) is 4.74 Å². The Bertz CT molecular complexity index is 297. The maximum absolute atomic E-state index is 11.1. The van der Waals surface area contributed by atoms with Crippen LogP contribution in [-0.4, -0.2) is 36.5 Å². The van der Waals surface area contributed by atoms with Crippen LogP contribution in [0.25, 0.3) is 0 Å². The number of rotatable bonds is 1. The molecule has 1 N–H and O–H groups in total. The molecule has 0 bridgehead atoms. The van der Waals surface area contributed by atoms with Gasteiger partial charge in [-0.25, -0.2) is 4.79 Å². The highest BCUT2D eigenvalue weighted by molar-refractivity contribution is 5.83. The second kappa shape index (κ2) is 3.94. The summed E-state index contributed by atoms with van der Waals surface area (Å²) >= 11 is 0. The Labute approximate surface area is 88.9 Å². The molecule has 0 unspecified atom stereocenters. The van der Waals surface area contributed by atoms with Gasteiger partial charge >= 0.3 is 5.97 Å². The van der Waals surface area contributed by atoms with Gasteiger partial charge in [0.1, 0.15) is 5.60 Å². The molecule has 1 saturated heterocycles. The smallest absolute Gasteiger partial charge is 0.330 e. The largest absolute Gasteiger partial charge is 0.466 e. The van der Waals surface area contributed by atoms with Crippen LogP contribution in [0.5, 0.6) is 0 Å². The van der Waals surface area contributed by atoms with E-state index in [4.69, 9.17) is 4.74 Å². The van der Waals surface area contributed by atoms with Gasteiger partial charge in [-0.05, 0) is 18.4 Å². The van der Waals surface area contributed by atoms with Crippen LogP contribution in [0.2, 0.25) is 0 Å².